The van der Waals surface area contributed by atoms with Gasteiger partial charge >= 0.3 is 6.03 Å². The van der Waals surface area contributed by atoms with Gasteiger partial charge < -0.3 is 20.3 Å². The summed E-state index contributed by atoms with van der Waals surface area (Å²) in [7, 11) is 0. The maximum atomic E-state index is 12.9. The lowest BCUT2D eigenvalue weighted by atomic mass is 9.87. The van der Waals surface area contributed by atoms with Crippen LogP contribution in [0.2, 0.25) is 0 Å². The van der Waals surface area contributed by atoms with Crippen LogP contribution in [0.25, 0.3) is 0 Å². The molecule has 0 unspecified atom stereocenters. The summed E-state index contributed by atoms with van der Waals surface area (Å²) in [4.78, 5) is 26.4. The number of rotatable bonds is 2. The van der Waals surface area contributed by atoms with Crippen molar-refractivity contribution in [2.24, 2.45) is 5.92 Å². The minimum absolute atomic E-state index is 0.0327. The Labute approximate surface area is 129 Å². The van der Waals surface area contributed by atoms with Crippen molar-refractivity contribution in [3.05, 3.63) is 48.2 Å². The van der Waals surface area contributed by atoms with Crippen molar-refractivity contribution in [2.75, 3.05) is 26.3 Å². The van der Waals surface area contributed by atoms with Gasteiger partial charge in [-0.2, -0.15) is 0 Å². The Hall–Kier alpha value is -2.34. The van der Waals surface area contributed by atoms with Gasteiger partial charge in [-0.25, -0.2) is 4.79 Å². The molecule has 0 saturated carbocycles. The highest BCUT2D eigenvalue weighted by Gasteiger charge is 2.39. The fourth-order valence-corrected chi connectivity index (χ4v) is 2.89. The van der Waals surface area contributed by atoms with Crippen molar-refractivity contribution < 1.29 is 14.3 Å². The van der Waals surface area contributed by atoms with Crippen LogP contribution in [-0.2, 0) is 9.53 Å². The molecular weight excluding hydrogens is 282 g/mol. The summed E-state index contributed by atoms with van der Waals surface area (Å²) in [6.45, 7) is 6.11. The summed E-state index contributed by atoms with van der Waals surface area (Å²) in [6.07, 6.45) is 0. The van der Waals surface area contributed by atoms with Gasteiger partial charge in [-0.05, 0) is 5.56 Å². The molecule has 6 heteroatoms. The van der Waals surface area contributed by atoms with Gasteiger partial charge in [0.25, 0.3) is 0 Å². The summed E-state index contributed by atoms with van der Waals surface area (Å²) in [5.74, 6) is -0.548. The molecule has 2 aliphatic heterocycles. The molecule has 116 valence electrons. The Bertz CT molecular complexity index is 582. The summed E-state index contributed by atoms with van der Waals surface area (Å²) in [6, 6.07) is 8.76. The van der Waals surface area contributed by atoms with Gasteiger partial charge in [0.15, 0.2) is 0 Å². The number of morpholine rings is 1. The quantitative estimate of drug-likeness (QED) is 0.857. The van der Waals surface area contributed by atoms with Gasteiger partial charge in [0.2, 0.25) is 5.91 Å². The maximum absolute atomic E-state index is 12.9. The standard InChI is InChI=1S/C16H19N3O3/c1-11-13(15(20)19-7-9-22-10-8-19)14(18-16(21)17-11)12-5-3-2-4-6-12/h2-6,13-14H,1,7-10H2,(H2,17,18,21)/t13-,14-/m0/s1. The van der Waals surface area contributed by atoms with Crippen LogP contribution in [0.1, 0.15) is 11.6 Å². The van der Waals surface area contributed by atoms with Crippen molar-refractivity contribution in [3.63, 3.8) is 0 Å². The van der Waals surface area contributed by atoms with E-state index in [1.807, 2.05) is 30.3 Å². The van der Waals surface area contributed by atoms with Crippen LogP contribution >= 0.6 is 0 Å². The highest BCUT2D eigenvalue weighted by Crippen LogP contribution is 2.30. The lowest BCUT2D eigenvalue weighted by Gasteiger charge is -2.38. The molecule has 0 aliphatic carbocycles. The van der Waals surface area contributed by atoms with E-state index in [1.54, 1.807) is 4.90 Å². The molecule has 2 heterocycles. The molecule has 2 N–H and O–H groups in total. The summed E-state index contributed by atoms with van der Waals surface area (Å²) >= 11 is 0. The number of nitrogens with zero attached hydrogens (tertiary/aromatic N) is 1. The number of ether oxygens (including phenoxy) is 1. The SMILES string of the molecule is C=C1NC(=O)N[C@@H](c2ccccc2)[C@H]1C(=O)N1CCOCC1. The number of hydrogen-bond donors (Lipinski definition) is 2. The fourth-order valence-electron chi connectivity index (χ4n) is 2.89. The van der Waals surface area contributed by atoms with Crippen molar-refractivity contribution in [1.82, 2.24) is 15.5 Å². The lowest BCUT2D eigenvalue weighted by Crippen LogP contribution is -2.55. The Morgan fingerprint density at radius 3 is 2.59 bits per heavy atom. The van der Waals surface area contributed by atoms with E-state index >= 15 is 0 Å². The predicted octanol–water partition coefficient (Wildman–Crippen LogP) is 1.03. The summed E-state index contributed by atoms with van der Waals surface area (Å²) in [5, 5.41) is 5.47. The first-order chi connectivity index (χ1) is 10.7. The molecule has 0 spiro atoms. The topological polar surface area (TPSA) is 70.7 Å². The minimum Gasteiger partial charge on any atom is -0.378 e. The molecule has 1 aromatic rings. The zero-order valence-electron chi connectivity index (χ0n) is 12.2. The molecule has 6 nitrogen and oxygen atoms in total. The average Bonchev–Trinajstić information content (AvgIpc) is 2.55. The van der Waals surface area contributed by atoms with Gasteiger partial charge in [0.1, 0.15) is 5.92 Å². The third-order valence-electron chi connectivity index (χ3n) is 4.02. The monoisotopic (exact) mass is 301 g/mol. The van der Waals surface area contributed by atoms with Crippen molar-refractivity contribution in [1.29, 1.82) is 0 Å². The highest BCUT2D eigenvalue weighted by molar-refractivity contribution is 5.88. The van der Waals surface area contributed by atoms with E-state index in [9.17, 15) is 9.59 Å². The molecular formula is C16H19N3O3. The van der Waals surface area contributed by atoms with E-state index in [2.05, 4.69) is 17.2 Å². The van der Waals surface area contributed by atoms with Crippen LogP contribution in [0.3, 0.4) is 0 Å². The van der Waals surface area contributed by atoms with E-state index in [4.69, 9.17) is 4.74 Å². The van der Waals surface area contributed by atoms with Crippen LogP contribution in [0, 0.1) is 5.92 Å². The Morgan fingerprint density at radius 1 is 1.23 bits per heavy atom. The van der Waals surface area contributed by atoms with E-state index in [1.165, 1.54) is 0 Å². The molecule has 0 bridgehead atoms. The second-order valence-electron chi connectivity index (χ2n) is 5.43. The van der Waals surface area contributed by atoms with Crippen LogP contribution in [0.15, 0.2) is 42.6 Å². The highest BCUT2D eigenvalue weighted by atomic mass is 16.5. The fraction of sp³-hybridized carbons (Fsp3) is 0.375. The third kappa shape index (κ3) is 2.82. The zero-order valence-corrected chi connectivity index (χ0v) is 12.2. The van der Waals surface area contributed by atoms with Crippen molar-refractivity contribution in [3.8, 4) is 0 Å². The normalized spacial score (nSPS) is 25.4. The molecule has 0 aromatic heterocycles. The second-order valence-corrected chi connectivity index (χ2v) is 5.43. The molecule has 2 aliphatic rings. The Balaban J connectivity index is 1.88. The summed E-state index contributed by atoms with van der Waals surface area (Å²) < 4.78 is 5.29. The molecule has 22 heavy (non-hydrogen) atoms. The number of amides is 3. The molecule has 3 amide bonds. The van der Waals surface area contributed by atoms with Crippen molar-refractivity contribution in [2.45, 2.75) is 6.04 Å². The molecule has 1 aromatic carbocycles. The lowest BCUT2D eigenvalue weighted by molar-refractivity contribution is -0.139. The Morgan fingerprint density at radius 2 is 1.91 bits per heavy atom. The zero-order chi connectivity index (χ0) is 15.5. The largest absolute Gasteiger partial charge is 0.378 e. The van der Waals surface area contributed by atoms with E-state index in [0.29, 0.717) is 32.0 Å². The van der Waals surface area contributed by atoms with E-state index in [0.717, 1.165) is 5.56 Å². The molecule has 3 rings (SSSR count). The number of urea groups is 1. The molecule has 2 fully saturated rings. The smallest absolute Gasteiger partial charge is 0.319 e. The van der Waals surface area contributed by atoms with Gasteiger partial charge in [0, 0.05) is 18.8 Å². The van der Waals surface area contributed by atoms with Crippen LogP contribution < -0.4 is 10.6 Å². The van der Waals surface area contributed by atoms with Gasteiger partial charge in [-0.15, -0.1) is 0 Å². The first kappa shape index (κ1) is 14.6. The first-order valence-electron chi connectivity index (χ1n) is 7.34. The second kappa shape index (κ2) is 6.19. The van der Waals surface area contributed by atoms with E-state index < -0.39 is 12.0 Å². The van der Waals surface area contributed by atoms with Gasteiger partial charge in [-0.3, -0.25) is 4.79 Å². The van der Waals surface area contributed by atoms with Gasteiger partial charge in [-0.1, -0.05) is 36.9 Å². The van der Waals surface area contributed by atoms with Crippen molar-refractivity contribution >= 4 is 11.9 Å². The first-order valence-corrected chi connectivity index (χ1v) is 7.34. The number of carbonyl (C=O) groups excluding carboxylic acids is 2. The van der Waals surface area contributed by atoms with Crippen LogP contribution in [-0.4, -0.2) is 43.1 Å². The predicted molar refractivity (Wildman–Crippen MR) is 80.9 cm³/mol. The van der Waals surface area contributed by atoms with Crippen LogP contribution in [0.4, 0.5) is 4.79 Å². The minimum atomic E-state index is -0.516. The summed E-state index contributed by atoms with van der Waals surface area (Å²) in [5.41, 5.74) is 1.33. The van der Waals surface area contributed by atoms with E-state index in [-0.39, 0.29) is 11.9 Å². The third-order valence-corrected chi connectivity index (χ3v) is 4.02. The molecule has 0 radical (unpaired) electrons. The number of benzene rings is 1. The Kier molecular flexibility index (Phi) is 4.11. The number of nitrogens with one attached hydrogen (secondary N) is 2. The molecule has 2 atom stereocenters. The number of carbonyl (C=O) groups is 2. The number of hydrogen-bond acceptors (Lipinski definition) is 3. The average molecular weight is 301 g/mol. The van der Waals surface area contributed by atoms with Gasteiger partial charge in [0.05, 0.1) is 19.3 Å². The molecule has 2 saturated heterocycles. The maximum Gasteiger partial charge on any atom is 0.319 e. The van der Waals surface area contributed by atoms with Crippen LogP contribution in [0.5, 0.6) is 0 Å².